The maximum absolute atomic E-state index is 11.5. The van der Waals surface area contributed by atoms with E-state index >= 15 is 0 Å². The van der Waals surface area contributed by atoms with Gasteiger partial charge in [0.2, 0.25) is 0 Å². The van der Waals surface area contributed by atoms with Crippen molar-refractivity contribution in [3.8, 4) is 12.3 Å². The molecule has 0 aliphatic heterocycles. The van der Waals surface area contributed by atoms with Crippen molar-refractivity contribution in [1.29, 1.82) is 0 Å². The van der Waals surface area contributed by atoms with E-state index in [1.54, 1.807) is 31.2 Å². The molecule has 1 rings (SSSR count). The number of aliphatic hydroxyl groups excluding tert-OH is 1. The fourth-order valence-corrected chi connectivity index (χ4v) is 1.07. The van der Waals surface area contributed by atoms with E-state index in [0.717, 1.165) is 5.56 Å². The van der Waals surface area contributed by atoms with Crippen LogP contribution in [0.1, 0.15) is 22.8 Å². The van der Waals surface area contributed by atoms with Crippen LogP contribution < -0.4 is 5.32 Å². The van der Waals surface area contributed by atoms with Gasteiger partial charge in [-0.2, -0.15) is 0 Å². The van der Waals surface area contributed by atoms with E-state index in [4.69, 9.17) is 11.5 Å². The molecular weight excluding hydrogens is 190 g/mol. The summed E-state index contributed by atoms with van der Waals surface area (Å²) in [5.41, 5.74) is 1.27. The first-order chi connectivity index (χ1) is 7.17. The molecule has 1 atom stereocenters. The van der Waals surface area contributed by atoms with Crippen LogP contribution in [0.25, 0.3) is 0 Å². The Kier molecular flexibility index (Phi) is 3.90. The molecule has 0 fully saturated rings. The predicted octanol–water partition coefficient (Wildman–Crippen LogP) is 0.778. The molecule has 1 unspecified atom stereocenters. The van der Waals surface area contributed by atoms with Gasteiger partial charge in [-0.05, 0) is 31.2 Å². The highest BCUT2D eigenvalue weighted by molar-refractivity contribution is 5.94. The second kappa shape index (κ2) is 5.18. The van der Waals surface area contributed by atoms with Gasteiger partial charge in [0.1, 0.15) is 0 Å². The van der Waals surface area contributed by atoms with Gasteiger partial charge in [-0.1, -0.05) is 5.92 Å². The van der Waals surface area contributed by atoms with E-state index in [9.17, 15) is 4.79 Å². The summed E-state index contributed by atoms with van der Waals surface area (Å²) >= 11 is 0. The number of hydrogen-bond acceptors (Lipinski definition) is 2. The van der Waals surface area contributed by atoms with E-state index in [2.05, 4.69) is 11.2 Å². The van der Waals surface area contributed by atoms with E-state index in [1.807, 2.05) is 0 Å². The van der Waals surface area contributed by atoms with Crippen molar-refractivity contribution in [2.45, 2.75) is 13.0 Å². The highest BCUT2D eigenvalue weighted by Crippen LogP contribution is 2.03. The minimum Gasteiger partial charge on any atom is -0.394 e. The Labute approximate surface area is 89.1 Å². The average molecular weight is 203 g/mol. The first-order valence-electron chi connectivity index (χ1n) is 4.65. The van der Waals surface area contributed by atoms with Gasteiger partial charge in [-0.25, -0.2) is 0 Å². The number of amides is 1. The molecule has 0 aliphatic carbocycles. The summed E-state index contributed by atoms with van der Waals surface area (Å²) in [6.07, 6.45) is 5.19. The third kappa shape index (κ3) is 3.12. The largest absolute Gasteiger partial charge is 0.394 e. The molecule has 15 heavy (non-hydrogen) atoms. The molecule has 0 saturated carbocycles. The predicted molar refractivity (Wildman–Crippen MR) is 58.4 cm³/mol. The molecule has 0 bridgehead atoms. The summed E-state index contributed by atoms with van der Waals surface area (Å²) < 4.78 is 0. The minimum atomic E-state index is -0.246. The highest BCUT2D eigenvalue weighted by atomic mass is 16.3. The monoisotopic (exact) mass is 203 g/mol. The zero-order valence-corrected chi connectivity index (χ0v) is 8.53. The van der Waals surface area contributed by atoms with Gasteiger partial charge in [0.25, 0.3) is 5.91 Å². The molecule has 3 heteroatoms. The lowest BCUT2D eigenvalue weighted by atomic mass is 10.1. The van der Waals surface area contributed by atoms with Crippen LogP contribution in [-0.2, 0) is 0 Å². The zero-order chi connectivity index (χ0) is 11.3. The van der Waals surface area contributed by atoms with Crippen molar-refractivity contribution in [2.75, 3.05) is 6.61 Å². The quantitative estimate of drug-likeness (QED) is 0.713. The molecule has 0 spiro atoms. The number of rotatable bonds is 3. The lowest BCUT2D eigenvalue weighted by Crippen LogP contribution is -2.34. The SMILES string of the molecule is C#Cc1ccc(C(=O)NC(C)CO)cc1. The van der Waals surface area contributed by atoms with E-state index in [1.165, 1.54) is 0 Å². The Morgan fingerprint density at radius 2 is 2.13 bits per heavy atom. The fraction of sp³-hybridized carbons (Fsp3) is 0.250. The second-order valence-electron chi connectivity index (χ2n) is 3.28. The van der Waals surface area contributed by atoms with Crippen molar-refractivity contribution < 1.29 is 9.90 Å². The van der Waals surface area contributed by atoms with Crippen molar-refractivity contribution >= 4 is 5.91 Å². The van der Waals surface area contributed by atoms with Crippen LogP contribution in [0.2, 0.25) is 0 Å². The number of carbonyl (C=O) groups is 1. The Morgan fingerprint density at radius 3 is 2.60 bits per heavy atom. The number of benzene rings is 1. The van der Waals surface area contributed by atoms with Crippen LogP contribution in [0.5, 0.6) is 0 Å². The molecule has 78 valence electrons. The van der Waals surface area contributed by atoms with Crippen molar-refractivity contribution in [2.24, 2.45) is 0 Å². The summed E-state index contributed by atoms with van der Waals surface area (Å²) in [4.78, 5) is 11.5. The third-order valence-corrected chi connectivity index (χ3v) is 1.97. The van der Waals surface area contributed by atoms with Gasteiger partial charge in [0, 0.05) is 17.2 Å². The molecule has 3 nitrogen and oxygen atoms in total. The van der Waals surface area contributed by atoms with Crippen molar-refractivity contribution in [3.05, 3.63) is 35.4 Å². The smallest absolute Gasteiger partial charge is 0.251 e. The van der Waals surface area contributed by atoms with E-state index < -0.39 is 0 Å². The molecule has 0 radical (unpaired) electrons. The maximum atomic E-state index is 11.5. The van der Waals surface area contributed by atoms with Crippen molar-refractivity contribution in [1.82, 2.24) is 5.32 Å². The Morgan fingerprint density at radius 1 is 1.53 bits per heavy atom. The number of hydrogen-bond donors (Lipinski definition) is 2. The normalized spacial score (nSPS) is 11.5. The molecule has 1 amide bonds. The lowest BCUT2D eigenvalue weighted by Gasteiger charge is -2.10. The van der Waals surface area contributed by atoms with Gasteiger partial charge >= 0.3 is 0 Å². The Balaban J connectivity index is 2.71. The van der Waals surface area contributed by atoms with Crippen LogP contribution in [0, 0.1) is 12.3 Å². The van der Waals surface area contributed by atoms with Crippen LogP contribution in [0.15, 0.2) is 24.3 Å². The highest BCUT2D eigenvalue weighted by Gasteiger charge is 2.07. The van der Waals surface area contributed by atoms with Gasteiger partial charge in [-0.15, -0.1) is 6.42 Å². The zero-order valence-electron chi connectivity index (χ0n) is 8.53. The molecular formula is C12H13NO2. The standard InChI is InChI=1S/C12H13NO2/c1-3-10-4-6-11(7-5-10)12(15)13-9(2)8-14/h1,4-7,9,14H,8H2,2H3,(H,13,15). The fourth-order valence-electron chi connectivity index (χ4n) is 1.07. The second-order valence-corrected chi connectivity index (χ2v) is 3.28. The Hall–Kier alpha value is -1.79. The van der Waals surface area contributed by atoms with Crippen LogP contribution in [-0.4, -0.2) is 23.7 Å². The molecule has 1 aromatic rings. The molecule has 0 aliphatic rings. The molecule has 0 aromatic heterocycles. The summed E-state index contributed by atoms with van der Waals surface area (Å²) in [5, 5.41) is 11.4. The lowest BCUT2D eigenvalue weighted by molar-refractivity contribution is 0.0922. The number of aliphatic hydroxyl groups is 1. The number of terminal acetylenes is 1. The van der Waals surface area contributed by atoms with Crippen LogP contribution in [0.4, 0.5) is 0 Å². The van der Waals surface area contributed by atoms with Gasteiger partial charge in [0.05, 0.1) is 6.61 Å². The van der Waals surface area contributed by atoms with Crippen LogP contribution in [0.3, 0.4) is 0 Å². The summed E-state index contributed by atoms with van der Waals surface area (Å²) in [7, 11) is 0. The number of carbonyl (C=O) groups excluding carboxylic acids is 1. The minimum absolute atomic E-state index is 0.0752. The molecule has 0 saturated heterocycles. The molecule has 1 aromatic carbocycles. The summed E-state index contributed by atoms with van der Waals surface area (Å²) in [6, 6.07) is 6.49. The molecule has 0 heterocycles. The topological polar surface area (TPSA) is 49.3 Å². The first-order valence-corrected chi connectivity index (χ1v) is 4.65. The van der Waals surface area contributed by atoms with Crippen LogP contribution >= 0.6 is 0 Å². The molecule has 2 N–H and O–H groups in total. The Bertz CT molecular complexity index is 376. The average Bonchev–Trinajstić information content (AvgIpc) is 2.29. The third-order valence-electron chi connectivity index (χ3n) is 1.97. The van der Waals surface area contributed by atoms with E-state index in [-0.39, 0.29) is 18.6 Å². The number of nitrogens with one attached hydrogen (secondary N) is 1. The summed E-state index contributed by atoms with van der Waals surface area (Å²) in [6.45, 7) is 1.65. The first kappa shape index (κ1) is 11.3. The summed E-state index contributed by atoms with van der Waals surface area (Å²) in [5.74, 6) is 2.27. The maximum Gasteiger partial charge on any atom is 0.251 e. The van der Waals surface area contributed by atoms with Gasteiger partial charge < -0.3 is 10.4 Å². The van der Waals surface area contributed by atoms with Gasteiger partial charge in [0.15, 0.2) is 0 Å². The van der Waals surface area contributed by atoms with Gasteiger partial charge in [-0.3, -0.25) is 4.79 Å². The van der Waals surface area contributed by atoms with E-state index in [0.29, 0.717) is 5.56 Å². The van der Waals surface area contributed by atoms with Crippen molar-refractivity contribution in [3.63, 3.8) is 0 Å².